The lowest BCUT2D eigenvalue weighted by Gasteiger charge is -2.56. The summed E-state index contributed by atoms with van der Waals surface area (Å²) < 4.78 is 17.5. The van der Waals surface area contributed by atoms with E-state index < -0.39 is 17.7 Å². The third kappa shape index (κ3) is 3.92. The molecule has 2 N–H and O–H groups in total. The number of carbonyl (C=O) groups is 1. The number of carbonyl (C=O) groups excluding carboxylic acids is 1. The summed E-state index contributed by atoms with van der Waals surface area (Å²) >= 11 is 11.9. The van der Waals surface area contributed by atoms with Crippen molar-refractivity contribution in [3.8, 4) is 17.2 Å². The molecule has 3 unspecified atom stereocenters. The number of hydrogen-bond acceptors (Lipinski definition) is 5. The van der Waals surface area contributed by atoms with Crippen LogP contribution < -0.4 is 29.7 Å². The van der Waals surface area contributed by atoms with E-state index in [2.05, 4.69) is 10.6 Å². The number of fused-ring (bicyclic) bond motifs is 4. The van der Waals surface area contributed by atoms with Crippen LogP contribution in [0.3, 0.4) is 0 Å². The number of anilines is 2. The molecule has 7 nitrogen and oxygen atoms in total. The van der Waals surface area contributed by atoms with Crippen LogP contribution in [0.2, 0.25) is 5.02 Å². The molecule has 2 aliphatic rings. The highest BCUT2D eigenvalue weighted by atomic mass is 35.5. The maximum atomic E-state index is 13.9. The van der Waals surface area contributed by atoms with Crippen molar-refractivity contribution >= 4 is 46.2 Å². The van der Waals surface area contributed by atoms with Crippen LogP contribution in [0.4, 0.5) is 11.4 Å². The second kappa shape index (κ2) is 8.94. The first-order chi connectivity index (χ1) is 16.9. The third-order valence-corrected chi connectivity index (χ3v) is 6.99. The smallest absolute Gasteiger partial charge is 0.236 e. The van der Waals surface area contributed by atoms with Crippen molar-refractivity contribution in [3.05, 3.63) is 77.3 Å². The Hall–Kier alpha value is -3.49. The molecule has 0 aliphatic carbocycles. The van der Waals surface area contributed by atoms with Gasteiger partial charge >= 0.3 is 0 Å². The van der Waals surface area contributed by atoms with E-state index in [0.717, 1.165) is 11.3 Å². The van der Waals surface area contributed by atoms with E-state index in [1.165, 1.54) is 0 Å². The van der Waals surface area contributed by atoms with E-state index in [9.17, 15) is 4.79 Å². The standard InChI is InChI=1S/C26H24ClN3O4S/c1-26-21(24(31)28-16-9-13-18(32-2)14-10-16)22(19-5-4-6-20(33-3)23(19)34-26)29-25(35)30(26)17-11-7-15(27)8-12-17/h4-14,21-22H,1-3H3,(H,28,31)(H,29,35). The number of thiocarbonyl (C=S) groups is 1. The fourth-order valence-corrected chi connectivity index (χ4v) is 5.34. The zero-order chi connectivity index (χ0) is 24.7. The molecule has 3 aromatic rings. The van der Waals surface area contributed by atoms with Crippen molar-refractivity contribution in [2.24, 2.45) is 5.92 Å². The van der Waals surface area contributed by atoms with E-state index in [4.69, 9.17) is 38.0 Å². The normalized spacial score (nSPS) is 22.4. The number of ether oxygens (including phenoxy) is 3. The molecule has 1 fully saturated rings. The summed E-state index contributed by atoms with van der Waals surface area (Å²) in [5.74, 6) is 0.967. The van der Waals surface area contributed by atoms with E-state index in [-0.39, 0.29) is 5.91 Å². The molecule has 2 heterocycles. The van der Waals surface area contributed by atoms with Gasteiger partial charge in [-0.2, -0.15) is 0 Å². The summed E-state index contributed by atoms with van der Waals surface area (Å²) in [5.41, 5.74) is 1.02. The van der Waals surface area contributed by atoms with Crippen molar-refractivity contribution in [3.63, 3.8) is 0 Å². The molecule has 3 aromatic carbocycles. The van der Waals surface area contributed by atoms with E-state index in [1.54, 1.807) is 50.6 Å². The molecule has 1 amide bonds. The van der Waals surface area contributed by atoms with Crippen LogP contribution in [0, 0.1) is 5.92 Å². The quantitative estimate of drug-likeness (QED) is 0.460. The predicted octanol–water partition coefficient (Wildman–Crippen LogP) is 5.16. The highest BCUT2D eigenvalue weighted by molar-refractivity contribution is 7.80. The number of rotatable bonds is 5. The number of nitrogens with one attached hydrogen (secondary N) is 2. The number of hydrogen-bond donors (Lipinski definition) is 2. The van der Waals surface area contributed by atoms with Gasteiger partial charge in [-0.15, -0.1) is 0 Å². The summed E-state index contributed by atoms with van der Waals surface area (Å²) in [6.45, 7) is 1.87. The van der Waals surface area contributed by atoms with Crippen molar-refractivity contribution in [2.75, 3.05) is 24.4 Å². The van der Waals surface area contributed by atoms with Gasteiger partial charge in [0.2, 0.25) is 5.91 Å². The average Bonchev–Trinajstić information content (AvgIpc) is 2.84. The van der Waals surface area contributed by atoms with Gasteiger partial charge < -0.3 is 24.8 Å². The summed E-state index contributed by atoms with van der Waals surface area (Å²) in [5, 5.41) is 7.46. The van der Waals surface area contributed by atoms with Crippen LogP contribution in [-0.4, -0.2) is 31.0 Å². The molecule has 0 aromatic heterocycles. The van der Waals surface area contributed by atoms with Gasteiger partial charge in [-0.1, -0.05) is 23.7 Å². The Morgan fingerprint density at radius 1 is 1.09 bits per heavy atom. The van der Waals surface area contributed by atoms with E-state index in [1.807, 2.05) is 42.2 Å². The van der Waals surface area contributed by atoms with Crippen LogP contribution in [0.1, 0.15) is 18.5 Å². The highest BCUT2D eigenvalue weighted by Gasteiger charge is 2.59. The minimum atomic E-state index is -1.17. The lowest BCUT2D eigenvalue weighted by Crippen LogP contribution is -2.72. The molecule has 2 bridgehead atoms. The van der Waals surface area contributed by atoms with Gasteiger partial charge in [-0.05, 0) is 73.7 Å². The molecule has 180 valence electrons. The molecule has 35 heavy (non-hydrogen) atoms. The first kappa shape index (κ1) is 23.3. The first-order valence-corrected chi connectivity index (χ1v) is 11.8. The van der Waals surface area contributed by atoms with Gasteiger partial charge in [-0.25, -0.2) is 0 Å². The second-order valence-corrected chi connectivity index (χ2v) is 9.29. The van der Waals surface area contributed by atoms with Crippen LogP contribution in [0.15, 0.2) is 66.7 Å². The predicted molar refractivity (Wildman–Crippen MR) is 140 cm³/mol. The van der Waals surface area contributed by atoms with Crippen LogP contribution >= 0.6 is 23.8 Å². The first-order valence-electron chi connectivity index (χ1n) is 11.0. The fraction of sp³-hybridized carbons (Fsp3) is 0.231. The third-order valence-electron chi connectivity index (χ3n) is 6.43. The Morgan fingerprint density at radius 3 is 2.46 bits per heavy atom. The maximum absolute atomic E-state index is 13.9. The zero-order valence-corrected chi connectivity index (χ0v) is 20.9. The summed E-state index contributed by atoms with van der Waals surface area (Å²) in [6.07, 6.45) is 0. The van der Waals surface area contributed by atoms with Crippen molar-refractivity contribution in [1.82, 2.24) is 5.32 Å². The SMILES string of the molecule is COc1ccc(NC(=O)C2C3NC(=S)N(c4ccc(Cl)cc4)C2(C)Oc2c(OC)cccc23)cc1. The van der Waals surface area contributed by atoms with E-state index >= 15 is 0 Å². The number of amides is 1. The lowest BCUT2D eigenvalue weighted by atomic mass is 9.78. The largest absolute Gasteiger partial charge is 0.497 e. The number of para-hydroxylation sites is 1. The van der Waals surface area contributed by atoms with Gasteiger partial charge in [0.15, 0.2) is 22.3 Å². The molecule has 1 saturated heterocycles. The molecule has 5 rings (SSSR count). The molecule has 0 saturated carbocycles. The molecule has 9 heteroatoms. The Labute approximate surface area is 213 Å². The molecular formula is C26H24ClN3O4S. The van der Waals surface area contributed by atoms with Crippen molar-refractivity contribution in [2.45, 2.75) is 18.7 Å². The van der Waals surface area contributed by atoms with Gasteiger partial charge in [0.1, 0.15) is 11.7 Å². The Balaban J connectivity index is 1.61. The number of halogens is 1. The van der Waals surface area contributed by atoms with E-state index in [0.29, 0.717) is 33.1 Å². The van der Waals surface area contributed by atoms with Gasteiger partial charge in [-0.3, -0.25) is 9.69 Å². The lowest BCUT2D eigenvalue weighted by molar-refractivity contribution is -0.130. The molecule has 0 spiro atoms. The number of nitrogens with zero attached hydrogens (tertiary/aromatic N) is 1. The Morgan fingerprint density at radius 2 is 1.80 bits per heavy atom. The monoisotopic (exact) mass is 509 g/mol. The average molecular weight is 510 g/mol. The minimum Gasteiger partial charge on any atom is -0.497 e. The van der Waals surface area contributed by atoms with Gasteiger partial charge in [0.05, 0.1) is 20.3 Å². The maximum Gasteiger partial charge on any atom is 0.236 e. The second-order valence-electron chi connectivity index (χ2n) is 8.47. The molecule has 2 aliphatic heterocycles. The topological polar surface area (TPSA) is 72.1 Å². The number of methoxy groups -OCH3 is 2. The van der Waals surface area contributed by atoms with Crippen molar-refractivity contribution < 1.29 is 19.0 Å². The van der Waals surface area contributed by atoms with Gasteiger partial charge in [0.25, 0.3) is 0 Å². The summed E-state index contributed by atoms with van der Waals surface area (Å²) in [4.78, 5) is 15.7. The summed E-state index contributed by atoms with van der Waals surface area (Å²) in [7, 11) is 3.19. The summed E-state index contributed by atoms with van der Waals surface area (Å²) in [6, 6.07) is 19.6. The highest BCUT2D eigenvalue weighted by Crippen LogP contribution is 2.52. The van der Waals surface area contributed by atoms with Crippen LogP contribution in [-0.2, 0) is 4.79 Å². The van der Waals surface area contributed by atoms with Gasteiger partial charge in [0, 0.05) is 22.0 Å². The molecule has 0 radical (unpaired) electrons. The minimum absolute atomic E-state index is 0.217. The molecular weight excluding hydrogens is 486 g/mol. The van der Waals surface area contributed by atoms with Crippen molar-refractivity contribution in [1.29, 1.82) is 0 Å². The Kier molecular flexibility index (Phi) is 5.94. The Bertz CT molecular complexity index is 1280. The fourth-order valence-electron chi connectivity index (χ4n) is 4.80. The number of benzene rings is 3. The van der Waals surface area contributed by atoms with Crippen LogP contribution in [0.5, 0.6) is 17.2 Å². The molecule has 3 atom stereocenters. The van der Waals surface area contributed by atoms with Crippen LogP contribution in [0.25, 0.3) is 0 Å². The zero-order valence-electron chi connectivity index (χ0n) is 19.4.